The van der Waals surface area contributed by atoms with Gasteiger partial charge in [0.15, 0.2) is 11.5 Å². The fraction of sp³-hybridized carbons (Fsp3) is 0.588. The van der Waals surface area contributed by atoms with Crippen molar-refractivity contribution in [1.82, 2.24) is 10.2 Å². The van der Waals surface area contributed by atoms with Gasteiger partial charge in [-0.15, -0.1) is 0 Å². The van der Waals surface area contributed by atoms with Crippen LogP contribution in [0, 0.1) is 0 Å². The maximum Gasteiger partial charge on any atom is 0.254 e. The Balaban J connectivity index is 2.15. The summed E-state index contributed by atoms with van der Waals surface area (Å²) < 4.78 is 11.0. The second-order valence-electron chi connectivity index (χ2n) is 5.91. The number of amides is 1. The van der Waals surface area contributed by atoms with E-state index in [0.29, 0.717) is 23.1 Å². The molecule has 122 valence electrons. The molecule has 1 unspecified atom stereocenters. The van der Waals surface area contributed by atoms with E-state index in [1.165, 1.54) is 0 Å². The van der Waals surface area contributed by atoms with E-state index in [4.69, 9.17) is 9.47 Å². The van der Waals surface area contributed by atoms with E-state index >= 15 is 0 Å². The zero-order chi connectivity index (χ0) is 16.1. The van der Waals surface area contributed by atoms with Crippen molar-refractivity contribution in [2.45, 2.75) is 38.8 Å². The van der Waals surface area contributed by atoms with Gasteiger partial charge in [0.05, 0.1) is 13.2 Å². The number of likely N-dealkylation sites (tertiary alicyclic amines) is 1. The van der Waals surface area contributed by atoms with Crippen LogP contribution in [0.25, 0.3) is 0 Å². The molecule has 0 radical (unpaired) electrons. The molecule has 22 heavy (non-hydrogen) atoms. The monoisotopic (exact) mass is 306 g/mol. The summed E-state index contributed by atoms with van der Waals surface area (Å²) in [5.74, 6) is 1.32. The highest BCUT2D eigenvalue weighted by Crippen LogP contribution is 2.29. The third-order valence-corrected chi connectivity index (χ3v) is 3.89. The predicted molar refractivity (Wildman–Crippen MR) is 86.7 cm³/mol. The lowest BCUT2D eigenvalue weighted by Gasteiger charge is -2.32. The number of carbonyl (C=O) groups is 1. The third kappa shape index (κ3) is 3.91. The van der Waals surface area contributed by atoms with Crippen molar-refractivity contribution in [3.05, 3.63) is 23.8 Å². The number of rotatable bonds is 5. The molecule has 1 heterocycles. The molecular formula is C17H26N2O3. The minimum atomic E-state index is 0.0503. The Hall–Kier alpha value is -1.75. The molecule has 5 heteroatoms. The molecule has 0 saturated carbocycles. The van der Waals surface area contributed by atoms with Gasteiger partial charge in [0.1, 0.15) is 0 Å². The molecule has 1 saturated heterocycles. The molecule has 0 bridgehead atoms. The van der Waals surface area contributed by atoms with Gasteiger partial charge in [-0.05, 0) is 51.9 Å². The van der Waals surface area contributed by atoms with Gasteiger partial charge < -0.3 is 19.7 Å². The van der Waals surface area contributed by atoms with Crippen molar-refractivity contribution in [3.8, 4) is 11.5 Å². The number of piperidine rings is 1. The van der Waals surface area contributed by atoms with Crippen LogP contribution in [-0.4, -0.2) is 50.2 Å². The Morgan fingerprint density at radius 2 is 2.14 bits per heavy atom. The molecule has 1 aromatic rings. The smallest absolute Gasteiger partial charge is 0.254 e. The van der Waals surface area contributed by atoms with Gasteiger partial charge in [0, 0.05) is 24.7 Å². The van der Waals surface area contributed by atoms with Crippen molar-refractivity contribution in [3.63, 3.8) is 0 Å². The Bertz CT molecular complexity index is 517. The third-order valence-electron chi connectivity index (χ3n) is 3.89. The summed E-state index contributed by atoms with van der Waals surface area (Å²) in [5.41, 5.74) is 0.643. The Morgan fingerprint density at radius 1 is 1.36 bits per heavy atom. The Kier molecular flexibility index (Phi) is 5.66. The maximum atomic E-state index is 12.7. The minimum absolute atomic E-state index is 0.0503. The number of carbonyl (C=O) groups excluding carboxylic acids is 1. The fourth-order valence-corrected chi connectivity index (χ4v) is 2.73. The van der Waals surface area contributed by atoms with Gasteiger partial charge >= 0.3 is 0 Å². The molecule has 5 nitrogen and oxygen atoms in total. The number of hydrogen-bond donors (Lipinski definition) is 1. The van der Waals surface area contributed by atoms with Crippen LogP contribution in [0.2, 0.25) is 0 Å². The number of nitrogens with zero attached hydrogens (tertiary/aromatic N) is 1. The molecule has 0 spiro atoms. The molecule has 1 aromatic carbocycles. The highest BCUT2D eigenvalue weighted by atomic mass is 16.5. The fourth-order valence-electron chi connectivity index (χ4n) is 2.73. The van der Waals surface area contributed by atoms with Crippen LogP contribution in [0.4, 0.5) is 0 Å². The number of methoxy groups -OCH3 is 1. The lowest BCUT2D eigenvalue weighted by Crippen LogP contribution is -2.46. The largest absolute Gasteiger partial charge is 0.493 e. The molecule has 1 amide bonds. The average Bonchev–Trinajstić information content (AvgIpc) is 2.54. The SMILES string of the molecule is CNC1CCCN(C(=O)c2ccc(OC(C)C)c(OC)c2)C1. The van der Waals surface area contributed by atoms with Crippen molar-refractivity contribution < 1.29 is 14.3 Å². The molecule has 1 fully saturated rings. The Morgan fingerprint density at radius 3 is 2.77 bits per heavy atom. The first-order chi connectivity index (χ1) is 10.5. The van der Waals surface area contributed by atoms with E-state index in [-0.39, 0.29) is 12.0 Å². The standard InChI is InChI=1S/C17H26N2O3/c1-12(2)22-15-8-7-13(10-16(15)21-4)17(20)19-9-5-6-14(11-19)18-3/h7-8,10,12,14,18H,5-6,9,11H2,1-4H3. The second-order valence-corrected chi connectivity index (χ2v) is 5.91. The van der Waals surface area contributed by atoms with Crippen LogP contribution in [0.5, 0.6) is 11.5 Å². The van der Waals surface area contributed by atoms with E-state index in [9.17, 15) is 4.79 Å². The molecule has 1 atom stereocenters. The van der Waals surface area contributed by atoms with Crippen LogP contribution in [0.1, 0.15) is 37.0 Å². The van der Waals surface area contributed by atoms with Crippen LogP contribution in [-0.2, 0) is 0 Å². The summed E-state index contributed by atoms with van der Waals surface area (Å²) >= 11 is 0. The minimum Gasteiger partial charge on any atom is -0.493 e. The summed E-state index contributed by atoms with van der Waals surface area (Å²) in [6.07, 6.45) is 2.21. The topological polar surface area (TPSA) is 50.8 Å². The molecule has 1 aliphatic rings. The number of benzene rings is 1. The summed E-state index contributed by atoms with van der Waals surface area (Å²) in [5, 5.41) is 3.25. The van der Waals surface area contributed by atoms with E-state index < -0.39 is 0 Å². The van der Waals surface area contributed by atoms with E-state index in [1.807, 2.05) is 37.9 Å². The summed E-state index contributed by atoms with van der Waals surface area (Å²) in [6.45, 7) is 5.49. The van der Waals surface area contributed by atoms with Crippen LogP contribution in [0.15, 0.2) is 18.2 Å². The van der Waals surface area contributed by atoms with Crippen molar-refractivity contribution in [2.75, 3.05) is 27.2 Å². The van der Waals surface area contributed by atoms with Gasteiger partial charge in [0.25, 0.3) is 5.91 Å². The molecule has 1 N–H and O–H groups in total. The van der Waals surface area contributed by atoms with E-state index in [0.717, 1.165) is 25.9 Å². The number of nitrogens with one attached hydrogen (secondary N) is 1. The first kappa shape index (κ1) is 16.6. The zero-order valence-electron chi connectivity index (χ0n) is 13.9. The number of ether oxygens (including phenoxy) is 2. The highest BCUT2D eigenvalue weighted by Gasteiger charge is 2.24. The zero-order valence-corrected chi connectivity index (χ0v) is 13.9. The van der Waals surface area contributed by atoms with Gasteiger partial charge in [-0.1, -0.05) is 0 Å². The van der Waals surface area contributed by atoms with Gasteiger partial charge in [-0.2, -0.15) is 0 Å². The van der Waals surface area contributed by atoms with Crippen LogP contribution in [0.3, 0.4) is 0 Å². The second kappa shape index (κ2) is 7.49. The first-order valence-electron chi connectivity index (χ1n) is 7.86. The molecular weight excluding hydrogens is 280 g/mol. The number of hydrogen-bond acceptors (Lipinski definition) is 4. The molecule has 0 aliphatic carbocycles. The number of likely N-dealkylation sites (N-methyl/N-ethyl adjacent to an activating group) is 1. The summed E-state index contributed by atoms with van der Waals surface area (Å²) in [4.78, 5) is 14.6. The molecule has 2 rings (SSSR count). The average molecular weight is 306 g/mol. The summed E-state index contributed by atoms with van der Waals surface area (Å²) in [6, 6.07) is 5.77. The normalized spacial score (nSPS) is 18.4. The molecule has 0 aromatic heterocycles. The van der Waals surface area contributed by atoms with Crippen LogP contribution < -0.4 is 14.8 Å². The van der Waals surface area contributed by atoms with E-state index in [2.05, 4.69) is 5.32 Å². The van der Waals surface area contributed by atoms with Crippen molar-refractivity contribution >= 4 is 5.91 Å². The quantitative estimate of drug-likeness (QED) is 0.907. The van der Waals surface area contributed by atoms with Crippen molar-refractivity contribution in [1.29, 1.82) is 0 Å². The van der Waals surface area contributed by atoms with Gasteiger partial charge in [0.2, 0.25) is 0 Å². The summed E-state index contributed by atoms with van der Waals surface area (Å²) in [7, 11) is 3.54. The van der Waals surface area contributed by atoms with Crippen molar-refractivity contribution in [2.24, 2.45) is 0 Å². The van der Waals surface area contributed by atoms with Gasteiger partial charge in [-0.25, -0.2) is 0 Å². The lowest BCUT2D eigenvalue weighted by molar-refractivity contribution is 0.0697. The highest BCUT2D eigenvalue weighted by molar-refractivity contribution is 5.95. The van der Waals surface area contributed by atoms with E-state index in [1.54, 1.807) is 13.2 Å². The lowest BCUT2D eigenvalue weighted by atomic mass is 10.0. The van der Waals surface area contributed by atoms with Gasteiger partial charge in [-0.3, -0.25) is 4.79 Å². The van der Waals surface area contributed by atoms with Crippen LogP contribution >= 0.6 is 0 Å². The predicted octanol–water partition coefficient (Wildman–Crippen LogP) is 2.31. The molecule has 1 aliphatic heterocycles. The first-order valence-corrected chi connectivity index (χ1v) is 7.86. The maximum absolute atomic E-state index is 12.7. The Labute approximate surface area is 132 Å².